The maximum Gasteiger partial charge on any atom is 0.254 e. The van der Waals surface area contributed by atoms with Crippen LogP contribution in [0.2, 0.25) is 0 Å². The van der Waals surface area contributed by atoms with Crippen LogP contribution in [0.25, 0.3) is 0 Å². The van der Waals surface area contributed by atoms with Crippen molar-refractivity contribution in [3.8, 4) is 0 Å². The zero-order valence-corrected chi connectivity index (χ0v) is 11.4. The summed E-state index contributed by atoms with van der Waals surface area (Å²) >= 11 is 0. The molecule has 108 valence electrons. The highest BCUT2D eigenvalue weighted by molar-refractivity contribution is 5.94. The normalized spacial score (nSPS) is 16.2. The Hall–Kier alpha value is -1.95. The molecule has 0 aliphatic carbocycles. The van der Waals surface area contributed by atoms with Gasteiger partial charge in [-0.25, -0.2) is 4.39 Å². The number of nitrogens with zero attached hydrogens (tertiary/aromatic N) is 2. The molecule has 1 aromatic rings. The highest BCUT2D eigenvalue weighted by Crippen LogP contribution is 2.13. The maximum atomic E-state index is 13.5. The van der Waals surface area contributed by atoms with Crippen LogP contribution in [0.1, 0.15) is 15.9 Å². The third-order valence-corrected chi connectivity index (χ3v) is 3.46. The number of hydrogen-bond donors (Lipinski definition) is 1. The number of hydrogen-bond acceptors (Lipinski definition) is 3. The SMILES string of the molecule is Cc1ccc(C(=O)N2CCN(CC(N)=O)CC2)cc1F. The van der Waals surface area contributed by atoms with Gasteiger partial charge in [-0.05, 0) is 24.6 Å². The molecule has 0 spiro atoms. The minimum Gasteiger partial charge on any atom is -0.369 e. The third kappa shape index (κ3) is 3.33. The summed E-state index contributed by atoms with van der Waals surface area (Å²) in [5.74, 6) is -0.920. The lowest BCUT2D eigenvalue weighted by molar-refractivity contribution is -0.119. The minimum atomic E-state index is -0.372. The Balaban J connectivity index is 1.97. The van der Waals surface area contributed by atoms with Gasteiger partial charge in [-0.3, -0.25) is 14.5 Å². The number of benzene rings is 1. The van der Waals surface area contributed by atoms with E-state index < -0.39 is 0 Å². The number of primary amides is 1. The van der Waals surface area contributed by atoms with Crippen LogP contribution in [0.5, 0.6) is 0 Å². The number of nitrogens with two attached hydrogens (primary N) is 1. The van der Waals surface area contributed by atoms with E-state index in [0.29, 0.717) is 37.3 Å². The Kier molecular flexibility index (Phi) is 4.34. The van der Waals surface area contributed by atoms with Crippen LogP contribution >= 0.6 is 0 Å². The van der Waals surface area contributed by atoms with E-state index in [2.05, 4.69) is 0 Å². The van der Waals surface area contributed by atoms with Gasteiger partial charge in [0.1, 0.15) is 5.82 Å². The van der Waals surface area contributed by atoms with Gasteiger partial charge in [0.15, 0.2) is 0 Å². The summed E-state index contributed by atoms with van der Waals surface area (Å²) in [5.41, 5.74) is 6.02. The van der Waals surface area contributed by atoms with Gasteiger partial charge >= 0.3 is 0 Å². The van der Waals surface area contributed by atoms with Gasteiger partial charge in [-0.2, -0.15) is 0 Å². The lowest BCUT2D eigenvalue weighted by atomic mass is 10.1. The number of carbonyl (C=O) groups excluding carboxylic acids is 2. The molecule has 20 heavy (non-hydrogen) atoms. The first-order valence-electron chi connectivity index (χ1n) is 6.53. The Morgan fingerprint density at radius 3 is 2.45 bits per heavy atom. The first-order chi connectivity index (χ1) is 9.47. The molecular formula is C14H18FN3O2. The second-order valence-corrected chi connectivity index (χ2v) is 5.00. The smallest absolute Gasteiger partial charge is 0.254 e. The highest BCUT2D eigenvalue weighted by Gasteiger charge is 2.23. The molecule has 0 radical (unpaired) electrons. The van der Waals surface area contributed by atoms with Gasteiger partial charge in [0.25, 0.3) is 5.91 Å². The Bertz CT molecular complexity index is 525. The molecule has 2 N–H and O–H groups in total. The Morgan fingerprint density at radius 1 is 1.25 bits per heavy atom. The van der Waals surface area contributed by atoms with Crippen LogP contribution in [0.15, 0.2) is 18.2 Å². The van der Waals surface area contributed by atoms with Gasteiger partial charge in [0.2, 0.25) is 5.91 Å². The monoisotopic (exact) mass is 279 g/mol. The Labute approximate surface area is 117 Å². The fourth-order valence-corrected chi connectivity index (χ4v) is 2.24. The van der Waals surface area contributed by atoms with Crippen LogP contribution in [0, 0.1) is 12.7 Å². The molecule has 2 rings (SSSR count). The number of aryl methyl sites for hydroxylation is 1. The zero-order chi connectivity index (χ0) is 14.7. The van der Waals surface area contributed by atoms with E-state index in [1.54, 1.807) is 24.0 Å². The molecule has 2 amide bonds. The van der Waals surface area contributed by atoms with Gasteiger partial charge < -0.3 is 10.6 Å². The van der Waals surface area contributed by atoms with Crippen molar-refractivity contribution in [3.05, 3.63) is 35.1 Å². The van der Waals surface area contributed by atoms with E-state index in [9.17, 15) is 14.0 Å². The van der Waals surface area contributed by atoms with E-state index in [-0.39, 0.29) is 24.2 Å². The highest BCUT2D eigenvalue weighted by atomic mass is 19.1. The summed E-state index contributed by atoms with van der Waals surface area (Å²) in [6.45, 7) is 4.10. The summed E-state index contributed by atoms with van der Waals surface area (Å²) < 4.78 is 13.5. The molecule has 1 aliphatic heterocycles. The van der Waals surface area contributed by atoms with Crippen molar-refractivity contribution in [2.45, 2.75) is 6.92 Å². The molecule has 0 unspecified atom stereocenters. The fourth-order valence-electron chi connectivity index (χ4n) is 2.24. The number of carbonyl (C=O) groups is 2. The van der Waals surface area contributed by atoms with E-state index >= 15 is 0 Å². The average molecular weight is 279 g/mol. The molecule has 5 nitrogen and oxygen atoms in total. The van der Waals surface area contributed by atoms with Crippen molar-refractivity contribution in [1.29, 1.82) is 0 Å². The van der Waals surface area contributed by atoms with Gasteiger partial charge in [-0.15, -0.1) is 0 Å². The predicted molar refractivity (Wildman–Crippen MR) is 72.7 cm³/mol. The molecule has 0 saturated carbocycles. The van der Waals surface area contributed by atoms with Crippen molar-refractivity contribution in [3.63, 3.8) is 0 Å². The third-order valence-electron chi connectivity index (χ3n) is 3.46. The van der Waals surface area contributed by atoms with Crippen LogP contribution in [-0.2, 0) is 4.79 Å². The van der Waals surface area contributed by atoms with Crippen LogP contribution in [0.3, 0.4) is 0 Å². The molecule has 6 heteroatoms. The van der Waals surface area contributed by atoms with Gasteiger partial charge in [-0.1, -0.05) is 6.07 Å². The van der Waals surface area contributed by atoms with Gasteiger partial charge in [0.05, 0.1) is 6.54 Å². The minimum absolute atomic E-state index is 0.178. The fraction of sp³-hybridized carbons (Fsp3) is 0.429. The second-order valence-electron chi connectivity index (χ2n) is 5.00. The lowest BCUT2D eigenvalue weighted by Gasteiger charge is -2.34. The number of halogens is 1. The molecule has 1 heterocycles. The zero-order valence-electron chi connectivity index (χ0n) is 11.4. The predicted octanol–water partition coefficient (Wildman–Crippen LogP) is 0.377. The summed E-state index contributed by atoms with van der Waals surface area (Å²) in [6.07, 6.45) is 0. The first kappa shape index (κ1) is 14.5. The van der Waals surface area contributed by atoms with Crippen molar-refractivity contribution >= 4 is 11.8 Å². The molecule has 1 aliphatic rings. The van der Waals surface area contributed by atoms with Crippen LogP contribution in [0.4, 0.5) is 4.39 Å². The quantitative estimate of drug-likeness (QED) is 0.869. The van der Waals surface area contributed by atoms with Crippen molar-refractivity contribution in [1.82, 2.24) is 9.80 Å². The first-order valence-corrected chi connectivity index (χ1v) is 6.53. The summed E-state index contributed by atoms with van der Waals surface area (Å²) in [4.78, 5) is 26.6. The van der Waals surface area contributed by atoms with E-state index in [0.717, 1.165) is 0 Å². The molecule has 1 aromatic carbocycles. The summed E-state index contributed by atoms with van der Waals surface area (Å²) in [7, 11) is 0. The molecule has 0 aromatic heterocycles. The van der Waals surface area contributed by atoms with Crippen molar-refractivity contribution in [2.24, 2.45) is 5.73 Å². The maximum absolute atomic E-state index is 13.5. The van der Waals surface area contributed by atoms with E-state index in [1.807, 2.05) is 4.90 Å². The van der Waals surface area contributed by atoms with Crippen molar-refractivity contribution < 1.29 is 14.0 Å². The second kappa shape index (κ2) is 6.00. The summed E-state index contributed by atoms with van der Waals surface area (Å²) in [6, 6.07) is 4.51. The number of rotatable bonds is 3. The number of amides is 2. The van der Waals surface area contributed by atoms with Crippen LogP contribution in [-0.4, -0.2) is 54.3 Å². The molecule has 1 saturated heterocycles. The van der Waals surface area contributed by atoms with E-state index in [1.165, 1.54) is 6.07 Å². The largest absolute Gasteiger partial charge is 0.369 e. The summed E-state index contributed by atoms with van der Waals surface area (Å²) in [5, 5.41) is 0. The van der Waals surface area contributed by atoms with Crippen LogP contribution < -0.4 is 5.73 Å². The standard InChI is InChI=1S/C14H18FN3O2/c1-10-2-3-11(8-12(10)15)14(20)18-6-4-17(5-7-18)9-13(16)19/h2-3,8H,4-7,9H2,1H3,(H2,16,19). The molecule has 1 fully saturated rings. The molecule has 0 bridgehead atoms. The van der Waals surface area contributed by atoms with E-state index in [4.69, 9.17) is 5.73 Å². The van der Waals surface area contributed by atoms with Crippen molar-refractivity contribution in [2.75, 3.05) is 32.7 Å². The Morgan fingerprint density at radius 2 is 1.90 bits per heavy atom. The lowest BCUT2D eigenvalue weighted by Crippen LogP contribution is -2.50. The molecular weight excluding hydrogens is 261 g/mol. The topological polar surface area (TPSA) is 66.6 Å². The average Bonchev–Trinajstić information content (AvgIpc) is 2.41. The molecule has 0 atom stereocenters. The number of piperazine rings is 1. The van der Waals surface area contributed by atoms with Gasteiger partial charge in [0, 0.05) is 31.7 Å².